The van der Waals surface area contributed by atoms with Crippen LogP contribution in [0.5, 0.6) is 0 Å². The van der Waals surface area contributed by atoms with Gasteiger partial charge in [0.15, 0.2) is 5.82 Å². The third kappa shape index (κ3) is 2.81. The molecule has 88 valence electrons. The molecule has 0 aliphatic heterocycles. The molecule has 0 bridgehead atoms. The highest BCUT2D eigenvalue weighted by atomic mass is 35.5. The van der Waals surface area contributed by atoms with Crippen LogP contribution < -0.4 is 0 Å². The van der Waals surface area contributed by atoms with Crippen molar-refractivity contribution >= 4 is 30.0 Å². The van der Waals surface area contributed by atoms with Crippen molar-refractivity contribution in [3.63, 3.8) is 0 Å². The Morgan fingerprint density at radius 3 is 3.12 bits per heavy atom. The van der Waals surface area contributed by atoms with Gasteiger partial charge in [0.05, 0.1) is 6.21 Å². The average Bonchev–Trinajstić information content (AvgIpc) is 2.67. The zero-order valence-electron chi connectivity index (χ0n) is 9.22. The molecular formula is C11H11ClN4S. The van der Waals surface area contributed by atoms with Crippen molar-refractivity contribution in [3.05, 3.63) is 45.4 Å². The van der Waals surface area contributed by atoms with Gasteiger partial charge in [-0.15, -0.1) is 0 Å². The van der Waals surface area contributed by atoms with Crippen molar-refractivity contribution in [2.45, 2.75) is 13.3 Å². The summed E-state index contributed by atoms with van der Waals surface area (Å²) in [5.41, 5.74) is 0.919. The van der Waals surface area contributed by atoms with Crippen LogP contribution in [-0.4, -0.2) is 21.1 Å². The predicted octanol–water partition coefficient (Wildman–Crippen LogP) is 3.04. The van der Waals surface area contributed by atoms with Gasteiger partial charge in [0.2, 0.25) is 4.77 Å². The number of aromatic amines is 1. The van der Waals surface area contributed by atoms with E-state index in [9.17, 15) is 0 Å². The number of rotatable bonds is 3. The van der Waals surface area contributed by atoms with E-state index in [0.29, 0.717) is 9.79 Å². The molecule has 2 aromatic rings. The Kier molecular flexibility index (Phi) is 3.71. The largest absolute Gasteiger partial charge is 0.250 e. The van der Waals surface area contributed by atoms with Crippen molar-refractivity contribution in [2.24, 2.45) is 5.10 Å². The minimum absolute atomic E-state index is 0.486. The number of H-pyrrole nitrogens is 1. The Balaban J connectivity index is 2.32. The Hall–Kier alpha value is -1.46. The van der Waals surface area contributed by atoms with Crippen molar-refractivity contribution in [1.82, 2.24) is 14.9 Å². The number of nitrogens with one attached hydrogen (secondary N) is 1. The summed E-state index contributed by atoms with van der Waals surface area (Å²) in [6, 6.07) is 7.45. The van der Waals surface area contributed by atoms with Gasteiger partial charge in [0.25, 0.3) is 0 Å². The van der Waals surface area contributed by atoms with Crippen LogP contribution in [0.25, 0.3) is 0 Å². The van der Waals surface area contributed by atoms with E-state index in [2.05, 4.69) is 15.3 Å². The quantitative estimate of drug-likeness (QED) is 0.686. The van der Waals surface area contributed by atoms with Crippen molar-refractivity contribution in [2.75, 3.05) is 0 Å². The molecule has 4 nitrogen and oxygen atoms in total. The first-order valence-corrected chi connectivity index (χ1v) is 5.95. The summed E-state index contributed by atoms with van der Waals surface area (Å²) in [6.07, 6.45) is 2.47. The number of benzene rings is 1. The van der Waals surface area contributed by atoms with Crippen LogP contribution in [0.4, 0.5) is 0 Å². The maximum Gasteiger partial charge on any atom is 0.216 e. The third-order valence-corrected chi connectivity index (χ3v) is 2.70. The summed E-state index contributed by atoms with van der Waals surface area (Å²) in [7, 11) is 0. The first-order valence-electron chi connectivity index (χ1n) is 5.17. The lowest BCUT2D eigenvalue weighted by atomic mass is 10.2. The van der Waals surface area contributed by atoms with Crippen LogP contribution in [0.15, 0.2) is 29.4 Å². The summed E-state index contributed by atoms with van der Waals surface area (Å²) in [5, 5.41) is 11.7. The third-order valence-electron chi connectivity index (χ3n) is 2.20. The first-order chi connectivity index (χ1) is 8.20. The lowest BCUT2D eigenvalue weighted by molar-refractivity contribution is 0.780. The highest BCUT2D eigenvalue weighted by Gasteiger charge is 2.00. The smallest absolute Gasteiger partial charge is 0.216 e. The van der Waals surface area contributed by atoms with Gasteiger partial charge in [0.1, 0.15) is 0 Å². The molecule has 0 saturated heterocycles. The van der Waals surface area contributed by atoms with E-state index >= 15 is 0 Å². The predicted molar refractivity (Wildman–Crippen MR) is 71.2 cm³/mol. The molecule has 0 spiro atoms. The second kappa shape index (κ2) is 5.25. The monoisotopic (exact) mass is 266 g/mol. The molecule has 6 heteroatoms. The Morgan fingerprint density at radius 2 is 2.41 bits per heavy atom. The van der Waals surface area contributed by atoms with E-state index in [1.54, 1.807) is 10.9 Å². The van der Waals surface area contributed by atoms with E-state index in [4.69, 9.17) is 23.8 Å². The lowest BCUT2D eigenvalue weighted by Crippen LogP contribution is -1.97. The van der Waals surface area contributed by atoms with E-state index in [1.165, 1.54) is 0 Å². The molecule has 0 aliphatic rings. The maximum absolute atomic E-state index is 5.89. The molecule has 0 amide bonds. The molecule has 1 aromatic carbocycles. The fourth-order valence-electron chi connectivity index (χ4n) is 1.38. The Bertz CT molecular complexity index is 600. The van der Waals surface area contributed by atoms with Crippen LogP contribution in [0, 0.1) is 4.77 Å². The molecular weight excluding hydrogens is 256 g/mol. The van der Waals surface area contributed by atoms with E-state index in [-0.39, 0.29) is 0 Å². The van der Waals surface area contributed by atoms with Gasteiger partial charge in [-0.25, -0.2) is 0 Å². The normalized spacial score (nSPS) is 11.2. The summed E-state index contributed by atoms with van der Waals surface area (Å²) >= 11 is 11.0. The molecule has 0 radical (unpaired) electrons. The van der Waals surface area contributed by atoms with E-state index < -0.39 is 0 Å². The van der Waals surface area contributed by atoms with Gasteiger partial charge < -0.3 is 0 Å². The zero-order chi connectivity index (χ0) is 12.3. The molecule has 0 unspecified atom stereocenters. The molecule has 1 N–H and O–H groups in total. The first kappa shape index (κ1) is 12.0. The number of hydrogen-bond acceptors (Lipinski definition) is 3. The second-order valence-electron chi connectivity index (χ2n) is 3.41. The number of nitrogens with zero attached hydrogens (tertiary/aromatic N) is 3. The maximum atomic E-state index is 5.89. The average molecular weight is 267 g/mol. The van der Waals surface area contributed by atoms with Crippen LogP contribution >= 0.6 is 23.8 Å². The molecule has 2 rings (SSSR count). The minimum atomic E-state index is 0.486. The Labute approximate surface area is 109 Å². The fourth-order valence-corrected chi connectivity index (χ4v) is 1.78. The topological polar surface area (TPSA) is 46.0 Å². The number of aromatic nitrogens is 3. The standard InChI is InChI=1S/C11H11ClN4S/c1-2-10-14-15-11(17)16(10)13-7-8-4-3-5-9(12)6-8/h3-7H,2H2,1H3,(H,15,17)/b13-7+. The van der Waals surface area contributed by atoms with Gasteiger partial charge in [-0.1, -0.05) is 30.7 Å². The van der Waals surface area contributed by atoms with Crippen molar-refractivity contribution in [3.8, 4) is 0 Å². The molecule has 1 heterocycles. The zero-order valence-corrected chi connectivity index (χ0v) is 10.8. The summed E-state index contributed by atoms with van der Waals surface area (Å²) in [4.78, 5) is 0. The number of halogens is 1. The van der Waals surface area contributed by atoms with Crippen LogP contribution in [0.2, 0.25) is 5.02 Å². The molecule has 1 aromatic heterocycles. The molecule has 17 heavy (non-hydrogen) atoms. The van der Waals surface area contributed by atoms with Crippen molar-refractivity contribution in [1.29, 1.82) is 0 Å². The second-order valence-corrected chi connectivity index (χ2v) is 4.23. The summed E-state index contributed by atoms with van der Waals surface area (Å²) in [5.74, 6) is 0.799. The van der Waals surface area contributed by atoms with Gasteiger partial charge in [0, 0.05) is 11.4 Å². The molecule has 0 saturated carbocycles. The Morgan fingerprint density at radius 1 is 1.59 bits per heavy atom. The van der Waals surface area contributed by atoms with E-state index in [1.807, 2.05) is 31.2 Å². The summed E-state index contributed by atoms with van der Waals surface area (Å²) < 4.78 is 2.09. The summed E-state index contributed by atoms with van der Waals surface area (Å²) in [6.45, 7) is 2.00. The highest BCUT2D eigenvalue weighted by molar-refractivity contribution is 7.71. The molecule has 0 aliphatic carbocycles. The minimum Gasteiger partial charge on any atom is -0.250 e. The molecule has 0 atom stereocenters. The highest BCUT2D eigenvalue weighted by Crippen LogP contribution is 2.09. The fraction of sp³-hybridized carbons (Fsp3) is 0.182. The van der Waals surface area contributed by atoms with Crippen LogP contribution in [0.1, 0.15) is 18.3 Å². The van der Waals surface area contributed by atoms with Crippen LogP contribution in [-0.2, 0) is 6.42 Å². The van der Waals surface area contributed by atoms with Gasteiger partial charge in [-0.2, -0.15) is 14.9 Å². The molecule has 0 fully saturated rings. The van der Waals surface area contributed by atoms with Gasteiger partial charge in [-0.05, 0) is 29.9 Å². The number of aryl methyl sites for hydroxylation is 1. The van der Waals surface area contributed by atoms with Crippen LogP contribution in [0.3, 0.4) is 0 Å². The van der Waals surface area contributed by atoms with Crippen molar-refractivity contribution < 1.29 is 0 Å². The van der Waals surface area contributed by atoms with Gasteiger partial charge >= 0.3 is 0 Å². The van der Waals surface area contributed by atoms with Gasteiger partial charge in [-0.3, -0.25) is 5.10 Å². The van der Waals surface area contributed by atoms with E-state index in [0.717, 1.165) is 17.8 Å². The SMILES string of the molecule is CCc1n[nH]c(=S)n1/N=C/c1cccc(Cl)c1. The lowest BCUT2D eigenvalue weighted by Gasteiger charge is -1.97. The number of hydrogen-bond donors (Lipinski definition) is 1.